The second-order valence-electron chi connectivity index (χ2n) is 5.83. The molecule has 3 rings (SSSR count). The molecule has 0 unspecified atom stereocenters. The summed E-state index contributed by atoms with van der Waals surface area (Å²) in [6.45, 7) is 0. The van der Waals surface area contributed by atoms with Gasteiger partial charge in [-0.15, -0.1) is 0 Å². The summed E-state index contributed by atoms with van der Waals surface area (Å²) >= 11 is 0. The van der Waals surface area contributed by atoms with Crippen LogP contribution in [0.2, 0.25) is 0 Å². The molecule has 2 aromatic carbocycles. The molecular formula is C21H21N3O3. The summed E-state index contributed by atoms with van der Waals surface area (Å²) in [5.41, 5.74) is 2.15. The monoisotopic (exact) mass is 363 g/mol. The number of carbonyl (C=O) groups excluding carboxylic acids is 1. The van der Waals surface area contributed by atoms with E-state index in [1.165, 1.54) is 0 Å². The van der Waals surface area contributed by atoms with E-state index in [0.717, 1.165) is 11.4 Å². The summed E-state index contributed by atoms with van der Waals surface area (Å²) in [4.78, 5) is 18.5. The quantitative estimate of drug-likeness (QED) is 0.714. The molecule has 1 heterocycles. The lowest BCUT2D eigenvalue weighted by molar-refractivity contribution is 0.0992. The molecular weight excluding hydrogens is 342 g/mol. The van der Waals surface area contributed by atoms with Crippen molar-refractivity contribution in [2.45, 2.75) is 0 Å². The number of methoxy groups -OCH3 is 2. The van der Waals surface area contributed by atoms with E-state index in [0.29, 0.717) is 22.9 Å². The smallest absolute Gasteiger partial charge is 0.259 e. The third kappa shape index (κ3) is 4.17. The van der Waals surface area contributed by atoms with Gasteiger partial charge in [-0.05, 0) is 36.4 Å². The van der Waals surface area contributed by atoms with Gasteiger partial charge in [-0.1, -0.05) is 18.2 Å². The van der Waals surface area contributed by atoms with Gasteiger partial charge in [-0.2, -0.15) is 0 Å². The van der Waals surface area contributed by atoms with Gasteiger partial charge in [-0.25, -0.2) is 4.98 Å². The number of amides is 1. The highest BCUT2D eigenvalue weighted by atomic mass is 16.5. The molecule has 27 heavy (non-hydrogen) atoms. The molecule has 0 atom stereocenters. The van der Waals surface area contributed by atoms with E-state index in [1.54, 1.807) is 44.5 Å². The number of anilines is 3. The summed E-state index contributed by atoms with van der Waals surface area (Å²) in [5, 5.41) is 3.19. The predicted molar refractivity (Wildman–Crippen MR) is 106 cm³/mol. The van der Waals surface area contributed by atoms with Gasteiger partial charge >= 0.3 is 0 Å². The maximum Gasteiger partial charge on any atom is 0.259 e. The van der Waals surface area contributed by atoms with Crippen molar-refractivity contribution < 1.29 is 14.3 Å². The first-order valence-electron chi connectivity index (χ1n) is 8.40. The fourth-order valence-corrected chi connectivity index (χ4v) is 2.62. The minimum absolute atomic E-state index is 0.119. The fraction of sp³-hybridized carbons (Fsp3) is 0.143. The lowest BCUT2D eigenvalue weighted by Crippen LogP contribution is -2.26. The Hall–Kier alpha value is -3.54. The molecule has 0 fully saturated rings. The second kappa shape index (κ2) is 8.23. The van der Waals surface area contributed by atoms with Gasteiger partial charge < -0.3 is 19.7 Å². The van der Waals surface area contributed by atoms with Crippen molar-refractivity contribution in [2.75, 3.05) is 31.5 Å². The van der Waals surface area contributed by atoms with E-state index < -0.39 is 0 Å². The minimum Gasteiger partial charge on any atom is -0.493 e. The van der Waals surface area contributed by atoms with Crippen molar-refractivity contribution in [3.05, 3.63) is 72.4 Å². The molecule has 1 amide bonds. The molecule has 3 aromatic rings. The zero-order valence-corrected chi connectivity index (χ0v) is 15.5. The van der Waals surface area contributed by atoms with Crippen molar-refractivity contribution in [3.8, 4) is 11.5 Å². The summed E-state index contributed by atoms with van der Waals surface area (Å²) in [6, 6.07) is 18.5. The van der Waals surface area contributed by atoms with E-state index in [4.69, 9.17) is 9.47 Å². The molecule has 0 aliphatic rings. The van der Waals surface area contributed by atoms with Crippen LogP contribution >= 0.6 is 0 Å². The first-order chi connectivity index (χ1) is 13.1. The number of carbonyl (C=O) groups is 1. The zero-order valence-electron chi connectivity index (χ0n) is 15.5. The maximum absolute atomic E-state index is 12.6. The van der Waals surface area contributed by atoms with Gasteiger partial charge in [0.15, 0.2) is 11.5 Å². The van der Waals surface area contributed by atoms with Crippen molar-refractivity contribution in [1.82, 2.24) is 4.98 Å². The first-order valence-corrected chi connectivity index (χ1v) is 8.40. The third-order valence-electron chi connectivity index (χ3n) is 4.11. The standard InChI is InChI=1S/C21H21N3O3/c1-24(17-7-5-4-6-8-17)21(25)15-9-12-20(22-14-15)23-16-10-11-18(26-2)19(13-16)27-3/h4-14H,1-3H3,(H,22,23). The molecule has 0 saturated carbocycles. The van der Waals surface area contributed by atoms with Gasteiger partial charge in [0.2, 0.25) is 0 Å². The Balaban J connectivity index is 1.73. The summed E-state index contributed by atoms with van der Waals surface area (Å²) in [7, 11) is 4.92. The number of hydrogen-bond acceptors (Lipinski definition) is 5. The van der Waals surface area contributed by atoms with E-state index in [1.807, 2.05) is 48.5 Å². The molecule has 0 aliphatic heterocycles. The Morgan fingerprint density at radius 1 is 0.963 bits per heavy atom. The van der Waals surface area contributed by atoms with Crippen molar-refractivity contribution in [1.29, 1.82) is 0 Å². The molecule has 0 spiro atoms. The van der Waals surface area contributed by atoms with Crippen LogP contribution in [0.4, 0.5) is 17.2 Å². The number of pyridine rings is 1. The highest BCUT2D eigenvalue weighted by Gasteiger charge is 2.13. The molecule has 0 aliphatic carbocycles. The molecule has 0 radical (unpaired) electrons. The van der Waals surface area contributed by atoms with Crippen LogP contribution in [-0.4, -0.2) is 32.2 Å². The molecule has 0 saturated heterocycles. The average Bonchev–Trinajstić information content (AvgIpc) is 2.73. The van der Waals surface area contributed by atoms with E-state index in [-0.39, 0.29) is 5.91 Å². The lowest BCUT2D eigenvalue weighted by Gasteiger charge is -2.17. The van der Waals surface area contributed by atoms with E-state index in [9.17, 15) is 4.79 Å². The Kier molecular flexibility index (Phi) is 5.56. The van der Waals surface area contributed by atoms with Gasteiger partial charge in [0.1, 0.15) is 5.82 Å². The van der Waals surface area contributed by atoms with E-state index >= 15 is 0 Å². The molecule has 1 N–H and O–H groups in total. The van der Waals surface area contributed by atoms with E-state index in [2.05, 4.69) is 10.3 Å². The molecule has 0 bridgehead atoms. The first kappa shape index (κ1) is 18.3. The number of para-hydroxylation sites is 1. The Morgan fingerprint density at radius 2 is 1.70 bits per heavy atom. The number of nitrogens with zero attached hydrogens (tertiary/aromatic N) is 2. The molecule has 1 aromatic heterocycles. The van der Waals surface area contributed by atoms with Gasteiger partial charge in [0.05, 0.1) is 19.8 Å². The second-order valence-corrected chi connectivity index (χ2v) is 5.83. The molecule has 6 nitrogen and oxygen atoms in total. The van der Waals surface area contributed by atoms with Gasteiger partial charge in [0, 0.05) is 30.7 Å². The van der Waals surface area contributed by atoms with Crippen LogP contribution in [0.25, 0.3) is 0 Å². The molecule has 6 heteroatoms. The number of benzene rings is 2. The SMILES string of the molecule is COc1ccc(Nc2ccc(C(=O)N(C)c3ccccc3)cn2)cc1OC. The number of hydrogen-bond donors (Lipinski definition) is 1. The predicted octanol–water partition coefficient (Wildman–Crippen LogP) is 4.12. The topological polar surface area (TPSA) is 63.7 Å². The van der Waals surface area contributed by atoms with Crippen LogP contribution in [0.3, 0.4) is 0 Å². The van der Waals surface area contributed by atoms with Gasteiger partial charge in [0.25, 0.3) is 5.91 Å². The number of rotatable bonds is 6. The van der Waals surface area contributed by atoms with Crippen molar-refractivity contribution >= 4 is 23.1 Å². The zero-order chi connectivity index (χ0) is 19.2. The number of nitrogens with one attached hydrogen (secondary N) is 1. The van der Waals surface area contributed by atoms with Crippen LogP contribution in [0, 0.1) is 0 Å². The van der Waals surface area contributed by atoms with Gasteiger partial charge in [-0.3, -0.25) is 4.79 Å². The summed E-state index contributed by atoms with van der Waals surface area (Å²) < 4.78 is 10.5. The Bertz CT molecular complexity index is 912. The van der Waals surface area contributed by atoms with Crippen LogP contribution in [0.5, 0.6) is 11.5 Å². The Labute approximate surface area is 158 Å². The van der Waals surface area contributed by atoms with Crippen molar-refractivity contribution in [2.24, 2.45) is 0 Å². The Morgan fingerprint density at radius 3 is 2.33 bits per heavy atom. The average molecular weight is 363 g/mol. The largest absolute Gasteiger partial charge is 0.493 e. The highest BCUT2D eigenvalue weighted by Crippen LogP contribution is 2.30. The third-order valence-corrected chi connectivity index (χ3v) is 4.11. The summed E-state index contributed by atoms with van der Waals surface area (Å²) in [6.07, 6.45) is 1.56. The number of ether oxygens (including phenoxy) is 2. The number of aromatic nitrogens is 1. The van der Waals surface area contributed by atoms with Crippen LogP contribution in [-0.2, 0) is 0 Å². The summed E-state index contributed by atoms with van der Waals surface area (Å²) in [5.74, 6) is 1.78. The highest BCUT2D eigenvalue weighted by molar-refractivity contribution is 6.05. The van der Waals surface area contributed by atoms with Crippen LogP contribution in [0.15, 0.2) is 66.9 Å². The van der Waals surface area contributed by atoms with Crippen LogP contribution < -0.4 is 19.7 Å². The van der Waals surface area contributed by atoms with Crippen LogP contribution in [0.1, 0.15) is 10.4 Å². The maximum atomic E-state index is 12.6. The normalized spacial score (nSPS) is 10.2. The molecule has 138 valence electrons. The lowest BCUT2D eigenvalue weighted by atomic mass is 10.2. The van der Waals surface area contributed by atoms with Crippen molar-refractivity contribution in [3.63, 3.8) is 0 Å². The minimum atomic E-state index is -0.119. The fourth-order valence-electron chi connectivity index (χ4n) is 2.62.